The van der Waals surface area contributed by atoms with Crippen LogP contribution in [0.15, 0.2) is 40.1 Å². The summed E-state index contributed by atoms with van der Waals surface area (Å²) in [6.07, 6.45) is 5.59. The number of hydrogen-bond acceptors (Lipinski definition) is 3. The summed E-state index contributed by atoms with van der Waals surface area (Å²) in [5.41, 5.74) is 0. The van der Waals surface area contributed by atoms with Gasteiger partial charge in [-0.2, -0.15) is 0 Å². The number of carbonyl (C=O) groups excluding carboxylic acids is 1. The molecule has 5 heteroatoms. The summed E-state index contributed by atoms with van der Waals surface area (Å²) >= 11 is 3.81. The molecule has 0 saturated heterocycles. The van der Waals surface area contributed by atoms with Gasteiger partial charge in [-0.15, -0.1) is 11.3 Å². The molecule has 1 saturated carbocycles. The highest BCUT2D eigenvalue weighted by Gasteiger charge is 2.31. The van der Waals surface area contributed by atoms with Crippen molar-refractivity contribution in [3.8, 4) is 0 Å². The second-order valence-electron chi connectivity index (χ2n) is 4.75. The fourth-order valence-corrected chi connectivity index (χ4v) is 3.15. The van der Waals surface area contributed by atoms with Crippen LogP contribution in [0.3, 0.4) is 0 Å². The van der Waals surface area contributed by atoms with E-state index in [4.69, 9.17) is 4.42 Å². The lowest BCUT2D eigenvalue weighted by molar-refractivity contribution is -0.127. The summed E-state index contributed by atoms with van der Waals surface area (Å²) in [6, 6.07) is 8.26. The molecular formula is C15H14INO2S. The minimum atomic E-state index is 0.0623. The Labute approximate surface area is 135 Å². The molecule has 0 aliphatic heterocycles. The van der Waals surface area contributed by atoms with Crippen LogP contribution in [0.1, 0.15) is 23.5 Å². The van der Waals surface area contributed by atoms with Crippen LogP contribution in [0.25, 0.3) is 6.08 Å². The van der Waals surface area contributed by atoms with Gasteiger partial charge in [0, 0.05) is 17.0 Å². The normalized spacial score (nSPS) is 14.8. The number of nitrogens with zero attached hydrogens (tertiary/aromatic N) is 1. The summed E-state index contributed by atoms with van der Waals surface area (Å²) in [5.74, 6) is 0.780. The highest BCUT2D eigenvalue weighted by Crippen LogP contribution is 2.29. The van der Waals surface area contributed by atoms with Gasteiger partial charge in [0.1, 0.15) is 5.76 Å². The van der Waals surface area contributed by atoms with Crippen LogP contribution in [-0.4, -0.2) is 16.8 Å². The molecule has 0 N–H and O–H groups in total. The Morgan fingerprint density at radius 3 is 2.90 bits per heavy atom. The van der Waals surface area contributed by atoms with E-state index >= 15 is 0 Å². The van der Waals surface area contributed by atoms with E-state index in [2.05, 4.69) is 28.7 Å². The van der Waals surface area contributed by atoms with E-state index in [9.17, 15) is 4.79 Å². The monoisotopic (exact) mass is 399 g/mol. The fraction of sp³-hybridized carbons (Fsp3) is 0.267. The van der Waals surface area contributed by atoms with E-state index in [0.717, 1.165) is 22.4 Å². The maximum atomic E-state index is 12.3. The topological polar surface area (TPSA) is 33.5 Å². The molecule has 3 rings (SSSR count). The molecule has 0 unspecified atom stereocenters. The van der Waals surface area contributed by atoms with Gasteiger partial charge >= 0.3 is 0 Å². The van der Waals surface area contributed by atoms with Gasteiger partial charge in [0.05, 0.1) is 6.54 Å². The highest BCUT2D eigenvalue weighted by atomic mass is 127. The van der Waals surface area contributed by atoms with Gasteiger partial charge < -0.3 is 9.32 Å². The van der Waals surface area contributed by atoms with Crippen LogP contribution in [0.2, 0.25) is 0 Å². The van der Waals surface area contributed by atoms with Crippen LogP contribution in [0, 0.1) is 3.77 Å². The summed E-state index contributed by atoms with van der Waals surface area (Å²) in [5, 5.41) is 2.05. The van der Waals surface area contributed by atoms with Gasteiger partial charge in [-0.1, -0.05) is 6.07 Å². The summed E-state index contributed by atoms with van der Waals surface area (Å²) in [7, 11) is 0. The van der Waals surface area contributed by atoms with Crippen molar-refractivity contribution in [3.63, 3.8) is 0 Å². The van der Waals surface area contributed by atoms with Crippen molar-refractivity contribution in [1.29, 1.82) is 0 Å². The molecule has 2 aromatic rings. The Morgan fingerprint density at radius 2 is 2.30 bits per heavy atom. The van der Waals surface area contributed by atoms with Gasteiger partial charge in [0.25, 0.3) is 0 Å². The van der Waals surface area contributed by atoms with Crippen molar-refractivity contribution < 1.29 is 9.21 Å². The molecule has 1 aliphatic rings. The van der Waals surface area contributed by atoms with Crippen molar-refractivity contribution in [2.45, 2.75) is 25.4 Å². The Bertz CT molecular complexity index is 614. The fourth-order valence-electron chi connectivity index (χ4n) is 2.01. The number of halogens is 1. The molecule has 0 spiro atoms. The van der Waals surface area contributed by atoms with E-state index in [1.807, 2.05) is 28.5 Å². The maximum Gasteiger partial charge on any atom is 0.247 e. The molecule has 0 radical (unpaired) electrons. The molecule has 2 aromatic heterocycles. The Morgan fingerprint density at radius 1 is 1.45 bits per heavy atom. The van der Waals surface area contributed by atoms with Crippen LogP contribution in [0.5, 0.6) is 0 Å². The number of hydrogen-bond donors (Lipinski definition) is 0. The average molecular weight is 399 g/mol. The lowest BCUT2D eigenvalue weighted by Gasteiger charge is -2.19. The second kappa shape index (κ2) is 6.13. The van der Waals surface area contributed by atoms with Gasteiger partial charge in [0.15, 0.2) is 3.77 Å². The van der Waals surface area contributed by atoms with Crippen molar-refractivity contribution >= 4 is 45.9 Å². The Hall–Kier alpha value is -1.08. The molecular weight excluding hydrogens is 385 g/mol. The third-order valence-electron chi connectivity index (χ3n) is 3.16. The van der Waals surface area contributed by atoms with E-state index in [1.165, 1.54) is 4.88 Å². The van der Waals surface area contributed by atoms with Gasteiger partial charge in [0.2, 0.25) is 5.91 Å². The Balaban J connectivity index is 1.68. The molecule has 3 nitrogen and oxygen atoms in total. The third kappa shape index (κ3) is 3.52. The molecule has 2 heterocycles. The quantitative estimate of drug-likeness (QED) is 0.559. The van der Waals surface area contributed by atoms with Crippen LogP contribution < -0.4 is 0 Å². The smallest absolute Gasteiger partial charge is 0.247 e. The number of carbonyl (C=O) groups is 1. The van der Waals surface area contributed by atoms with Crippen molar-refractivity contribution in [1.82, 2.24) is 4.90 Å². The van der Waals surface area contributed by atoms with E-state index in [0.29, 0.717) is 12.6 Å². The first-order chi connectivity index (χ1) is 9.72. The zero-order chi connectivity index (χ0) is 13.9. The first-order valence-electron chi connectivity index (χ1n) is 6.49. The average Bonchev–Trinajstić information content (AvgIpc) is 2.97. The molecule has 0 aromatic carbocycles. The van der Waals surface area contributed by atoms with Crippen LogP contribution in [0.4, 0.5) is 0 Å². The first kappa shape index (κ1) is 13.9. The van der Waals surface area contributed by atoms with Gasteiger partial charge in [-0.25, -0.2) is 0 Å². The molecule has 1 amide bonds. The van der Waals surface area contributed by atoms with Crippen molar-refractivity contribution in [3.05, 3.63) is 50.1 Å². The number of rotatable bonds is 5. The predicted octanol–water partition coefficient (Wildman–Crippen LogP) is 4.15. The SMILES string of the molecule is O=C(/C=C/c1ccc(I)o1)N(Cc1cccs1)C1CC1. The minimum Gasteiger partial charge on any atom is -0.451 e. The standard InChI is InChI=1S/C15H14INO2S/c16-14-7-5-12(19-14)6-8-15(18)17(11-3-4-11)10-13-2-1-9-20-13/h1-2,5-9,11H,3-4,10H2/b8-6+. The second-order valence-corrected chi connectivity index (χ2v) is 6.85. The molecule has 104 valence electrons. The van der Waals surface area contributed by atoms with Crippen LogP contribution >= 0.6 is 33.9 Å². The molecule has 0 atom stereocenters. The lowest BCUT2D eigenvalue weighted by Crippen LogP contribution is -2.30. The molecule has 20 heavy (non-hydrogen) atoms. The predicted molar refractivity (Wildman–Crippen MR) is 88.4 cm³/mol. The maximum absolute atomic E-state index is 12.3. The van der Waals surface area contributed by atoms with Crippen LogP contribution in [-0.2, 0) is 11.3 Å². The van der Waals surface area contributed by atoms with Crippen molar-refractivity contribution in [2.24, 2.45) is 0 Å². The molecule has 1 fully saturated rings. The largest absolute Gasteiger partial charge is 0.451 e. The van der Waals surface area contributed by atoms with E-state index < -0.39 is 0 Å². The lowest BCUT2D eigenvalue weighted by atomic mass is 10.3. The summed E-state index contributed by atoms with van der Waals surface area (Å²) in [6.45, 7) is 0.710. The summed E-state index contributed by atoms with van der Waals surface area (Å²) < 4.78 is 6.25. The zero-order valence-electron chi connectivity index (χ0n) is 10.8. The first-order valence-corrected chi connectivity index (χ1v) is 8.44. The molecule has 1 aliphatic carbocycles. The zero-order valence-corrected chi connectivity index (χ0v) is 13.8. The molecule has 0 bridgehead atoms. The van der Waals surface area contributed by atoms with E-state index in [-0.39, 0.29) is 5.91 Å². The Kier molecular flexibility index (Phi) is 4.26. The number of furan rings is 1. The third-order valence-corrected chi connectivity index (χ3v) is 4.60. The van der Waals surface area contributed by atoms with Crippen molar-refractivity contribution in [2.75, 3.05) is 0 Å². The number of thiophene rings is 1. The highest BCUT2D eigenvalue weighted by molar-refractivity contribution is 14.1. The van der Waals surface area contributed by atoms with Gasteiger partial charge in [-0.05, 0) is 65.1 Å². The van der Waals surface area contributed by atoms with Gasteiger partial charge in [-0.3, -0.25) is 4.79 Å². The van der Waals surface area contributed by atoms with E-state index in [1.54, 1.807) is 23.5 Å². The number of amides is 1. The minimum absolute atomic E-state index is 0.0623. The summed E-state index contributed by atoms with van der Waals surface area (Å²) in [4.78, 5) is 15.5.